The number of likely N-dealkylation sites (N-methyl/N-ethyl adjacent to an activating group) is 1. The van der Waals surface area contributed by atoms with Gasteiger partial charge >= 0.3 is 18.0 Å². The molecule has 0 bridgehead atoms. The number of hydrogen-bond donors (Lipinski definition) is 4. The first-order chi connectivity index (χ1) is 9.06. The maximum Gasteiger partial charge on any atom is 0.326 e. The zero-order chi connectivity index (χ0) is 15.9. The van der Waals surface area contributed by atoms with Gasteiger partial charge in [-0.2, -0.15) is 0 Å². The highest BCUT2D eigenvalue weighted by Gasteiger charge is 2.24. The fraction of sp³-hybridized carbons (Fsp3) is 0.750. The molecule has 0 fully saturated rings. The topological polar surface area (TPSA) is 119 Å². The summed E-state index contributed by atoms with van der Waals surface area (Å²) >= 11 is 0. The van der Waals surface area contributed by atoms with Gasteiger partial charge in [0.1, 0.15) is 6.04 Å². The van der Waals surface area contributed by atoms with Crippen LogP contribution < -0.4 is 10.6 Å². The monoisotopic (exact) mass is 289 g/mol. The van der Waals surface area contributed by atoms with Crippen LogP contribution in [0.5, 0.6) is 0 Å². The number of amides is 2. The van der Waals surface area contributed by atoms with Gasteiger partial charge in [0, 0.05) is 18.5 Å². The zero-order valence-electron chi connectivity index (χ0n) is 12.3. The molecule has 8 nitrogen and oxygen atoms in total. The van der Waals surface area contributed by atoms with Gasteiger partial charge in [-0.05, 0) is 34.4 Å². The average Bonchev–Trinajstić information content (AvgIpc) is 2.31. The molecule has 0 aliphatic carbocycles. The molecule has 0 saturated carbocycles. The maximum absolute atomic E-state index is 11.6. The van der Waals surface area contributed by atoms with Crippen molar-refractivity contribution >= 4 is 18.0 Å². The number of carbonyl (C=O) groups is 3. The summed E-state index contributed by atoms with van der Waals surface area (Å²) in [7, 11) is 3.74. The SMILES string of the molecule is CN(C)C(C)(C)CNC(=O)NC(CCC(=O)O)C(=O)O. The van der Waals surface area contributed by atoms with Crippen LogP contribution in [-0.2, 0) is 9.59 Å². The van der Waals surface area contributed by atoms with Gasteiger partial charge in [-0.15, -0.1) is 0 Å². The fourth-order valence-corrected chi connectivity index (χ4v) is 1.19. The third-order valence-electron chi connectivity index (χ3n) is 3.14. The summed E-state index contributed by atoms with van der Waals surface area (Å²) in [5.41, 5.74) is -0.281. The average molecular weight is 289 g/mol. The van der Waals surface area contributed by atoms with Crippen LogP contribution in [0.15, 0.2) is 0 Å². The molecule has 0 rings (SSSR count). The summed E-state index contributed by atoms with van der Waals surface area (Å²) in [4.78, 5) is 34.9. The molecule has 0 saturated heterocycles. The van der Waals surface area contributed by atoms with Crippen LogP contribution in [0.1, 0.15) is 26.7 Å². The van der Waals surface area contributed by atoms with Crippen molar-refractivity contribution < 1.29 is 24.6 Å². The van der Waals surface area contributed by atoms with E-state index in [0.29, 0.717) is 6.54 Å². The number of carboxylic acids is 2. The number of carbonyl (C=O) groups excluding carboxylic acids is 1. The van der Waals surface area contributed by atoms with Crippen LogP contribution in [0, 0.1) is 0 Å². The number of carboxylic acid groups (broad SMARTS) is 2. The Hall–Kier alpha value is -1.83. The highest BCUT2D eigenvalue weighted by atomic mass is 16.4. The standard InChI is InChI=1S/C12H23N3O5/c1-12(2,15(3)4)7-13-11(20)14-8(10(18)19)5-6-9(16)17/h8H,5-7H2,1-4H3,(H,16,17)(H,18,19)(H2,13,14,20). The molecule has 8 heteroatoms. The van der Waals surface area contributed by atoms with Gasteiger partial charge in [0.2, 0.25) is 0 Å². The third kappa shape index (κ3) is 6.93. The van der Waals surface area contributed by atoms with E-state index < -0.39 is 24.0 Å². The number of nitrogens with zero attached hydrogens (tertiary/aromatic N) is 1. The van der Waals surface area contributed by atoms with Gasteiger partial charge in [-0.1, -0.05) is 0 Å². The van der Waals surface area contributed by atoms with E-state index in [0.717, 1.165) is 0 Å². The Kier molecular flexibility index (Phi) is 6.98. The van der Waals surface area contributed by atoms with Crippen molar-refractivity contribution in [3.63, 3.8) is 0 Å². The molecule has 0 aromatic carbocycles. The predicted molar refractivity (Wildman–Crippen MR) is 72.6 cm³/mol. The van der Waals surface area contributed by atoms with Crippen LogP contribution in [0.25, 0.3) is 0 Å². The second-order valence-electron chi connectivity index (χ2n) is 5.36. The van der Waals surface area contributed by atoms with E-state index in [4.69, 9.17) is 10.2 Å². The molecule has 0 radical (unpaired) electrons. The highest BCUT2D eigenvalue weighted by molar-refractivity contribution is 5.83. The van der Waals surface area contributed by atoms with Gasteiger partial charge in [0.25, 0.3) is 0 Å². The van der Waals surface area contributed by atoms with Crippen LogP contribution >= 0.6 is 0 Å². The van der Waals surface area contributed by atoms with Crippen LogP contribution in [0.3, 0.4) is 0 Å². The second-order valence-corrected chi connectivity index (χ2v) is 5.36. The Balaban J connectivity index is 4.33. The summed E-state index contributed by atoms with van der Waals surface area (Å²) in [6.07, 6.45) is -0.477. The molecule has 1 atom stereocenters. The van der Waals surface area contributed by atoms with Crippen molar-refractivity contribution in [2.75, 3.05) is 20.6 Å². The molecule has 2 amide bonds. The van der Waals surface area contributed by atoms with Gasteiger partial charge in [-0.25, -0.2) is 9.59 Å². The second kappa shape index (κ2) is 7.68. The molecule has 4 N–H and O–H groups in total. The van der Waals surface area contributed by atoms with E-state index in [1.807, 2.05) is 32.8 Å². The summed E-state index contributed by atoms with van der Waals surface area (Å²) in [6.45, 7) is 4.18. The molecular formula is C12H23N3O5. The third-order valence-corrected chi connectivity index (χ3v) is 3.14. The maximum atomic E-state index is 11.6. The van der Waals surface area contributed by atoms with E-state index in [1.54, 1.807) is 0 Å². The fourth-order valence-electron chi connectivity index (χ4n) is 1.19. The summed E-state index contributed by atoms with van der Waals surface area (Å²) in [5, 5.41) is 22.3. The highest BCUT2D eigenvalue weighted by Crippen LogP contribution is 2.07. The molecule has 0 aromatic rings. The largest absolute Gasteiger partial charge is 0.481 e. The summed E-state index contributed by atoms with van der Waals surface area (Å²) in [6, 6.07) is -1.84. The van der Waals surface area contributed by atoms with Crippen molar-refractivity contribution in [2.24, 2.45) is 0 Å². The van der Waals surface area contributed by atoms with E-state index in [2.05, 4.69) is 10.6 Å². The normalized spacial score (nSPS) is 12.8. The van der Waals surface area contributed by atoms with Gasteiger partial charge in [-0.3, -0.25) is 4.79 Å². The molecule has 0 aliphatic heterocycles. The minimum Gasteiger partial charge on any atom is -0.481 e. The van der Waals surface area contributed by atoms with Gasteiger partial charge < -0.3 is 25.7 Å². The first-order valence-electron chi connectivity index (χ1n) is 6.22. The number of aliphatic carboxylic acids is 2. The smallest absolute Gasteiger partial charge is 0.326 e. The summed E-state index contributed by atoms with van der Waals surface area (Å²) < 4.78 is 0. The number of urea groups is 1. The summed E-state index contributed by atoms with van der Waals surface area (Å²) in [5.74, 6) is -2.36. The van der Waals surface area contributed by atoms with Crippen LogP contribution in [-0.4, -0.2) is 65.3 Å². The molecular weight excluding hydrogens is 266 g/mol. The number of hydrogen-bond acceptors (Lipinski definition) is 4. The number of nitrogens with one attached hydrogen (secondary N) is 2. The van der Waals surface area contributed by atoms with Gasteiger partial charge in [0.15, 0.2) is 0 Å². The lowest BCUT2D eigenvalue weighted by Gasteiger charge is -2.32. The lowest BCUT2D eigenvalue weighted by atomic mass is 10.0. The van der Waals surface area contributed by atoms with Crippen molar-refractivity contribution in [1.29, 1.82) is 0 Å². The Labute approximate surface area is 118 Å². The molecule has 20 heavy (non-hydrogen) atoms. The van der Waals surface area contributed by atoms with Crippen molar-refractivity contribution in [3.8, 4) is 0 Å². The quantitative estimate of drug-likeness (QED) is 0.497. The van der Waals surface area contributed by atoms with E-state index in [1.165, 1.54) is 0 Å². The molecule has 0 heterocycles. The lowest BCUT2D eigenvalue weighted by molar-refractivity contribution is -0.140. The van der Waals surface area contributed by atoms with Crippen molar-refractivity contribution in [2.45, 2.75) is 38.3 Å². The molecule has 0 spiro atoms. The van der Waals surface area contributed by atoms with Crippen LogP contribution in [0.2, 0.25) is 0 Å². The Bertz CT molecular complexity index is 368. The minimum absolute atomic E-state index is 0.158. The van der Waals surface area contributed by atoms with Crippen LogP contribution in [0.4, 0.5) is 4.79 Å². The minimum atomic E-state index is -1.26. The molecule has 0 aliphatic rings. The zero-order valence-corrected chi connectivity index (χ0v) is 12.3. The Morgan fingerprint density at radius 2 is 1.75 bits per heavy atom. The van der Waals surface area contributed by atoms with E-state index in [-0.39, 0.29) is 18.4 Å². The van der Waals surface area contributed by atoms with E-state index in [9.17, 15) is 14.4 Å². The molecule has 116 valence electrons. The Morgan fingerprint density at radius 1 is 1.20 bits per heavy atom. The predicted octanol–water partition coefficient (Wildman–Crippen LogP) is -0.0562. The Morgan fingerprint density at radius 3 is 2.15 bits per heavy atom. The first kappa shape index (κ1) is 18.2. The van der Waals surface area contributed by atoms with Crippen molar-refractivity contribution in [1.82, 2.24) is 15.5 Å². The number of rotatable bonds is 8. The first-order valence-corrected chi connectivity index (χ1v) is 6.22. The van der Waals surface area contributed by atoms with Crippen molar-refractivity contribution in [3.05, 3.63) is 0 Å². The lowest BCUT2D eigenvalue weighted by Crippen LogP contribution is -2.52. The molecule has 0 aromatic heterocycles. The molecule has 1 unspecified atom stereocenters. The van der Waals surface area contributed by atoms with E-state index >= 15 is 0 Å². The van der Waals surface area contributed by atoms with Gasteiger partial charge in [0.05, 0.1) is 0 Å².